The number of aryl methyl sites for hydroxylation is 1. The molecule has 6 nitrogen and oxygen atoms in total. The van der Waals surface area contributed by atoms with E-state index in [0.717, 1.165) is 33.1 Å². The zero-order valence-electron chi connectivity index (χ0n) is 23.3. The third-order valence-corrected chi connectivity index (χ3v) is 9.23. The summed E-state index contributed by atoms with van der Waals surface area (Å²) in [5.74, 6) is -0.441. The van der Waals surface area contributed by atoms with Crippen molar-refractivity contribution in [2.75, 3.05) is 6.61 Å². The van der Waals surface area contributed by atoms with Crippen LogP contribution in [0.25, 0.3) is 22.9 Å². The molecule has 5 aromatic rings. The quantitative estimate of drug-likeness (QED) is 0.234. The molecule has 41 heavy (non-hydrogen) atoms. The lowest BCUT2D eigenvalue weighted by Gasteiger charge is -2.23. The van der Waals surface area contributed by atoms with E-state index < -0.39 is 12.0 Å². The molecule has 0 bridgehead atoms. The van der Waals surface area contributed by atoms with Crippen molar-refractivity contribution < 1.29 is 9.53 Å². The molecule has 0 saturated heterocycles. The number of fused-ring (bicyclic) bond motifs is 1. The van der Waals surface area contributed by atoms with Gasteiger partial charge < -0.3 is 9.30 Å². The summed E-state index contributed by atoms with van der Waals surface area (Å²) in [4.78, 5) is 33.1. The van der Waals surface area contributed by atoms with Crippen molar-refractivity contribution in [3.8, 4) is 16.8 Å². The summed E-state index contributed by atoms with van der Waals surface area (Å²) in [6.07, 6.45) is 1.94. The number of thiophene rings is 1. The molecule has 1 aliphatic rings. The van der Waals surface area contributed by atoms with Gasteiger partial charge in [-0.05, 0) is 80.1 Å². The van der Waals surface area contributed by atoms with Crippen LogP contribution in [0.15, 0.2) is 99.2 Å². The summed E-state index contributed by atoms with van der Waals surface area (Å²) in [5, 5.41) is 1.95. The van der Waals surface area contributed by atoms with E-state index in [1.165, 1.54) is 28.2 Å². The topological polar surface area (TPSA) is 65.6 Å². The number of aromatic nitrogens is 2. The van der Waals surface area contributed by atoms with Gasteiger partial charge in [-0.1, -0.05) is 59.9 Å². The molecule has 0 aliphatic carbocycles. The molecule has 2 aromatic carbocycles. The van der Waals surface area contributed by atoms with Crippen molar-refractivity contribution in [2.45, 2.75) is 33.7 Å². The van der Waals surface area contributed by atoms with Gasteiger partial charge >= 0.3 is 5.97 Å². The van der Waals surface area contributed by atoms with Crippen molar-refractivity contribution in [1.29, 1.82) is 0 Å². The number of carbonyl (C=O) groups excluding carboxylic acids is 1. The fourth-order valence-corrected chi connectivity index (χ4v) is 7.27. The Morgan fingerprint density at radius 2 is 1.73 bits per heavy atom. The Kier molecular flexibility index (Phi) is 7.19. The standard InChI is InChI=1S/C33H29N3O3S2/c1-5-39-32(38)29-21(3)34-33-36(30(29)27-12-9-17-40-27)31(37)28(41-33)19-25-18-20(2)35(22(25)4)26-15-13-24(14-16-26)23-10-7-6-8-11-23/h6-19,30H,5H2,1-4H3/b28-19-/t30-/m1/s1. The highest BCUT2D eigenvalue weighted by atomic mass is 32.1. The second-order valence-corrected chi connectivity index (χ2v) is 11.9. The van der Waals surface area contributed by atoms with Gasteiger partial charge in [0, 0.05) is 22.0 Å². The number of benzene rings is 2. The summed E-state index contributed by atoms with van der Waals surface area (Å²) < 4.78 is 9.79. The first-order valence-electron chi connectivity index (χ1n) is 13.4. The second-order valence-electron chi connectivity index (χ2n) is 9.89. The summed E-state index contributed by atoms with van der Waals surface area (Å²) in [5.41, 5.74) is 7.30. The number of hydrogen-bond donors (Lipinski definition) is 0. The molecule has 0 saturated carbocycles. The van der Waals surface area contributed by atoms with E-state index in [-0.39, 0.29) is 12.2 Å². The molecule has 1 aliphatic heterocycles. The van der Waals surface area contributed by atoms with Crippen LogP contribution in [0.4, 0.5) is 0 Å². The first kappa shape index (κ1) is 26.9. The third kappa shape index (κ3) is 4.83. The molecule has 4 heterocycles. The van der Waals surface area contributed by atoms with Crippen LogP contribution in [0, 0.1) is 13.8 Å². The van der Waals surface area contributed by atoms with Crippen LogP contribution in [-0.2, 0) is 9.53 Å². The Balaban J connectivity index is 1.43. The Labute approximate surface area is 245 Å². The van der Waals surface area contributed by atoms with Gasteiger partial charge in [-0.25, -0.2) is 9.79 Å². The normalized spacial score (nSPS) is 15.1. The lowest BCUT2D eigenvalue weighted by Crippen LogP contribution is -2.39. The smallest absolute Gasteiger partial charge is 0.338 e. The Bertz CT molecular complexity index is 1960. The Morgan fingerprint density at radius 3 is 2.41 bits per heavy atom. The van der Waals surface area contributed by atoms with Crippen LogP contribution in [0.2, 0.25) is 0 Å². The predicted octanol–water partition coefficient (Wildman–Crippen LogP) is 5.93. The van der Waals surface area contributed by atoms with Crippen LogP contribution in [0.5, 0.6) is 0 Å². The molecule has 6 rings (SSSR count). The molecule has 0 radical (unpaired) electrons. The van der Waals surface area contributed by atoms with Crippen molar-refractivity contribution in [3.63, 3.8) is 0 Å². The van der Waals surface area contributed by atoms with E-state index in [2.05, 4.69) is 65.9 Å². The van der Waals surface area contributed by atoms with Gasteiger partial charge in [-0.3, -0.25) is 9.36 Å². The van der Waals surface area contributed by atoms with Gasteiger partial charge in [0.15, 0.2) is 4.80 Å². The zero-order chi connectivity index (χ0) is 28.7. The fraction of sp³-hybridized carbons (Fsp3) is 0.182. The first-order chi connectivity index (χ1) is 19.9. The van der Waals surface area contributed by atoms with Gasteiger partial charge in [-0.2, -0.15) is 0 Å². The number of nitrogens with zero attached hydrogens (tertiary/aromatic N) is 3. The molecule has 0 spiro atoms. The van der Waals surface area contributed by atoms with E-state index in [1.807, 2.05) is 41.8 Å². The highest BCUT2D eigenvalue weighted by Gasteiger charge is 2.33. The van der Waals surface area contributed by atoms with Crippen molar-refractivity contribution >= 4 is 34.7 Å². The highest BCUT2D eigenvalue weighted by Crippen LogP contribution is 2.33. The molecule has 0 fully saturated rings. The fourth-order valence-electron chi connectivity index (χ4n) is 5.41. The number of hydrogen-bond acceptors (Lipinski definition) is 6. The van der Waals surface area contributed by atoms with E-state index >= 15 is 0 Å². The summed E-state index contributed by atoms with van der Waals surface area (Å²) in [6, 6.07) is 24.2. The third-order valence-electron chi connectivity index (χ3n) is 7.32. The molecular formula is C33H29N3O3S2. The minimum atomic E-state index is -0.567. The SMILES string of the molecule is CCOC(=O)C1=C(C)N=c2s/c(=C\c3cc(C)n(-c4ccc(-c5ccccc5)cc4)c3C)c(=O)n2[C@@H]1c1cccs1. The van der Waals surface area contributed by atoms with Gasteiger partial charge in [0.05, 0.1) is 22.4 Å². The summed E-state index contributed by atoms with van der Waals surface area (Å²) in [6.45, 7) is 7.97. The maximum Gasteiger partial charge on any atom is 0.338 e. The molecule has 0 amide bonds. The number of carbonyl (C=O) groups is 1. The lowest BCUT2D eigenvalue weighted by molar-refractivity contribution is -0.139. The van der Waals surface area contributed by atoms with Crippen LogP contribution in [0.1, 0.15) is 41.7 Å². The zero-order valence-corrected chi connectivity index (χ0v) is 24.9. The van der Waals surface area contributed by atoms with Crippen molar-refractivity contribution in [3.05, 3.63) is 131 Å². The maximum atomic E-state index is 13.9. The van der Waals surface area contributed by atoms with E-state index in [0.29, 0.717) is 20.6 Å². The average Bonchev–Trinajstić information content (AvgIpc) is 3.68. The largest absolute Gasteiger partial charge is 0.463 e. The number of esters is 1. The lowest BCUT2D eigenvalue weighted by atomic mass is 10.0. The van der Waals surface area contributed by atoms with Crippen molar-refractivity contribution in [2.24, 2.45) is 4.99 Å². The van der Waals surface area contributed by atoms with E-state index in [4.69, 9.17) is 4.74 Å². The van der Waals surface area contributed by atoms with Crippen LogP contribution in [-0.4, -0.2) is 21.7 Å². The monoisotopic (exact) mass is 579 g/mol. The summed E-state index contributed by atoms with van der Waals surface area (Å²) >= 11 is 2.85. The van der Waals surface area contributed by atoms with E-state index in [1.54, 1.807) is 18.4 Å². The number of thiazole rings is 1. The Hall–Kier alpha value is -4.27. The molecule has 0 unspecified atom stereocenters. The van der Waals surface area contributed by atoms with Gasteiger partial charge in [0.25, 0.3) is 5.56 Å². The average molecular weight is 580 g/mol. The van der Waals surface area contributed by atoms with Gasteiger partial charge in [0.1, 0.15) is 6.04 Å². The minimum Gasteiger partial charge on any atom is -0.463 e. The van der Waals surface area contributed by atoms with Gasteiger partial charge in [0.2, 0.25) is 0 Å². The molecule has 3 aromatic heterocycles. The molecule has 1 atom stereocenters. The van der Waals surface area contributed by atoms with Crippen molar-refractivity contribution in [1.82, 2.24) is 9.13 Å². The second kappa shape index (κ2) is 11.0. The summed E-state index contributed by atoms with van der Waals surface area (Å²) in [7, 11) is 0. The Morgan fingerprint density at radius 1 is 1.00 bits per heavy atom. The highest BCUT2D eigenvalue weighted by molar-refractivity contribution is 7.10. The first-order valence-corrected chi connectivity index (χ1v) is 15.1. The predicted molar refractivity (Wildman–Crippen MR) is 165 cm³/mol. The molecular weight excluding hydrogens is 551 g/mol. The van der Waals surface area contributed by atoms with E-state index in [9.17, 15) is 9.59 Å². The van der Waals surface area contributed by atoms with Crippen LogP contribution >= 0.6 is 22.7 Å². The van der Waals surface area contributed by atoms with Crippen LogP contribution < -0.4 is 14.9 Å². The molecule has 206 valence electrons. The van der Waals surface area contributed by atoms with Gasteiger partial charge in [-0.15, -0.1) is 11.3 Å². The minimum absolute atomic E-state index is 0.168. The molecule has 0 N–H and O–H groups in total. The number of allylic oxidation sites excluding steroid dienone is 1. The molecule has 8 heteroatoms. The number of rotatable bonds is 6. The van der Waals surface area contributed by atoms with Crippen LogP contribution in [0.3, 0.4) is 0 Å². The maximum absolute atomic E-state index is 13.9. The number of ether oxygens (including phenoxy) is 1.